The highest BCUT2D eigenvalue weighted by Crippen LogP contribution is 2.20. The third-order valence-electron chi connectivity index (χ3n) is 4.46. The van der Waals surface area contributed by atoms with Gasteiger partial charge in [-0.1, -0.05) is 0 Å². The average molecular weight is 322 g/mol. The highest BCUT2D eigenvalue weighted by molar-refractivity contribution is 7.07. The van der Waals surface area contributed by atoms with E-state index >= 15 is 0 Å². The van der Waals surface area contributed by atoms with Gasteiger partial charge in [0.15, 0.2) is 0 Å². The van der Waals surface area contributed by atoms with Crippen molar-refractivity contribution in [2.45, 2.75) is 19.4 Å². The summed E-state index contributed by atoms with van der Waals surface area (Å²) < 4.78 is 0. The highest BCUT2D eigenvalue weighted by Gasteiger charge is 2.35. The number of nitrogens with zero attached hydrogens (tertiary/aromatic N) is 4. The third kappa shape index (κ3) is 3.47. The number of carbonyl (C=O) groups is 2. The van der Waals surface area contributed by atoms with Crippen molar-refractivity contribution in [1.29, 1.82) is 0 Å². The van der Waals surface area contributed by atoms with Gasteiger partial charge in [-0.15, -0.1) is 11.3 Å². The fraction of sp³-hybridized carbons (Fsp3) is 0.667. The van der Waals surface area contributed by atoms with Crippen LogP contribution in [0.25, 0.3) is 0 Å². The lowest BCUT2D eigenvalue weighted by molar-refractivity contribution is -0.135. The molecule has 0 aliphatic carbocycles. The first-order valence-corrected chi connectivity index (χ1v) is 8.70. The van der Waals surface area contributed by atoms with Crippen LogP contribution in [0.4, 0.5) is 0 Å². The summed E-state index contributed by atoms with van der Waals surface area (Å²) in [5.74, 6) is 0.0779. The van der Waals surface area contributed by atoms with E-state index in [0.29, 0.717) is 13.0 Å². The van der Waals surface area contributed by atoms with Crippen molar-refractivity contribution in [3.8, 4) is 0 Å². The molecule has 7 heteroatoms. The molecule has 1 atom stereocenters. The average Bonchev–Trinajstić information content (AvgIpc) is 3.04. The Kier molecular flexibility index (Phi) is 4.73. The van der Waals surface area contributed by atoms with E-state index in [1.165, 1.54) is 0 Å². The standard InChI is InChI=1S/C15H22N4O2S/c1-17-8-12(7-14(17)20)15(21)19-4-2-3-18(5-6-19)9-13-10-22-11-16-13/h10-12H,2-9H2,1H3/t12-/m1/s1. The molecule has 2 aliphatic rings. The monoisotopic (exact) mass is 322 g/mol. The molecule has 3 heterocycles. The number of aromatic nitrogens is 1. The molecule has 2 fully saturated rings. The first kappa shape index (κ1) is 15.4. The molecule has 3 rings (SSSR count). The fourth-order valence-corrected chi connectivity index (χ4v) is 3.73. The summed E-state index contributed by atoms with van der Waals surface area (Å²) in [6, 6.07) is 0. The molecule has 1 aromatic heterocycles. The van der Waals surface area contributed by atoms with Crippen LogP contribution in [0.1, 0.15) is 18.5 Å². The minimum absolute atomic E-state index is 0.0818. The summed E-state index contributed by atoms with van der Waals surface area (Å²) in [7, 11) is 1.77. The highest BCUT2D eigenvalue weighted by atomic mass is 32.1. The van der Waals surface area contributed by atoms with Gasteiger partial charge in [0, 0.05) is 58.1 Å². The maximum absolute atomic E-state index is 12.6. The van der Waals surface area contributed by atoms with Gasteiger partial charge >= 0.3 is 0 Å². The van der Waals surface area contributed by atoms with Crippen LogP contribution >= 0.6 is 11.3 Å². The fourth-order valence-electron chi connectivity index (χ4n) is 3.18. The Morgan fingerprint density at radius 1 is 1.36 bits per heavy atom. The summed E-state index contributed by atoms with van der Waals surface area (Å²) in [5.41, 5.74) is 2.96. The van der Waals surface area contributed by atoms with Crippen molar-refractivity contribution >= 4 is 23.2 Å². The summed E-state index contributed by atoms with van der Waals surface area (Å²) in [6.45, 7) is 4.83. The largest absolute Gasteiger partial charge is 0.345 e. The Morgan fingerprint density at radius 3 is 2.91 bits per heavy atom. The second kappa shape index (κ2) is 6.75. The normalized spacial score (nSPS) is 23.9. The van der Waals surface area contributed by atoms with E-state index < -0.39 is 0 Å². The SMILES string of the molecule is CN1C[C@H](C(=O)N2CCCN(Cc3cscn3)CC2)CC1=O. The molecule has 0 N–H and O–H groups in total. The molecule has 1 aromatic rings. The van der Waals surface area contributed by atoms with Gasteiger partial charge in [-0.25, -0.2) is 4.98 Å². The van der Waals surface area contributed by atoms with Crippen molar-refractivity contribution in [1.82, 2.24) is 19.7 Å². The quantitative estimate of drug-likeness (QED) is 0.820. The van der Waals surface area contributed by atoms with E-state index in [-0.39, 0.29) is 17.7 Å². The maximum Gasteiger partial charge on any atom is 0.228 e. The molecule has 2 saturated heterocycles. The Morgan fingerprint density at radius 2 is 2.23 bits per heavy atom. The Hall–Kier alpha value is -1.47. The van der Waals surface area contributed by atoms with Crippen LogP contribution < -0.4 is 0 Å². The summed E-state index contributed by atoms with van der Waals surface area (Å²) >= 11 is 1.62. The molecular weight excluding hydrogens is 300 g/mol. The van der Waals surface area contributed by atoms with Crippen LogP contribution in [0.3, 0.4) is 0 Å². The van der Waals surface area contributed by atoms with Gasteiger partial charge in [0.1, 0.15) is 0 Å². The van der Waals surface area contributed by atoms with Crippen molar-refractivity contribution in [3.05, 3.63) is 16.6 Å². The number of likely N-dealkylation sites (tertiary alicyclic amines) is 1. The van der Waals surface area contributed by atoms with Gasteiger partial charge < -0.3 is 9.80 Å². The van der Waals surface area contributed by atoms with Gasteiger partial charge in [0.05, 0.1) is 17.1 Å². The van der Waals surface area contributed by atoms with E-state index in [0.717, 1.165) is 44.8 Å². The Balaban J connectivity index is 1.54. The summed E-state index contributed by atoms with van der Waals surface area (Å²) in [4.78, 5) is 34.5. The molecule has 0 unspecified atom stereocenters. The smallest absolute Gasteiger partial charge is 0.228 e. The van der Waals surface area contributed by atoms with Crippen LogP contribution in [0, 0.1) is 5.92 Å². The molecule has 22 heavy (non-hydrogen) atoms. The molecule has 2 amide bonds. The zero-order chi connectivity index (χ0) is 15.5. The van der Waals surface area contributed by atoms with Crippen molar-refractivity contribution in [3.63, 3.8) is 0 Å². The summed E-state index contributed by atoms with van der Waals surface area (Å²) in [6.07, 6.45) is 1.35. The van der Waals surface area contributed by atoms with E-state index in [1.807, 2.05) is 10.4 Å². The minimum atomic E-state index is -0.150. The third-order valence-corrected chi connectivity index (χ3v) is 5.09. The van der Waals surface area contributed by atoms with E-state index in [9.17, 15) is 9.59 Å². The molecule has 0 spiro atoms. The van der Waals surface area contributed by atoms with Gasteiger partial charge in [-0.2, -0.15) is 0 Å². The number of thiazole rings is 1. The van der Waals surface area contributed by atoms with E-state index in [1.54, 1.807) is 23.3 Å². The maximum atomic E-state index is 12.6. The topological polar surface area (TPSA) is 56.8 Å². The lowest BCUT2D eigenvalue weighted by Crippen LogP contribution is -2.39. The molecule has 0 saturated carbocycles. The van der Waals surface area contributed by atoms with E-state index in [4.69, 9.17) is 0 Å². The predicted octanol–water partition coefficient (Wildman–Crippen LogP) is 0.656. The molecule has 0 aromatic carbocycles. The zero-order valence-electron chi connectivity index (χ0n) is 12.9. The molecule has 120 valence electrons. The van der Waals surface area contributed by atoms with Gasteiger partial charge in [0.2, 0.25) is 11.8 Å². The van der Waals surface area contributed by atoms with E-state index in [2.05, 4.69) is 15.3 Å². The number of hydrogen-bond donors (Lipinski definition) is 0. The van der Waals surface area contributed by atoms with Gasteiger partial charge in [-0.3, -0.25) is 14.5 Å². The van der Waals surface area contributed by atoms with Crippen LogP contribution in [0.5, 0.6) is 0 Å². The van der Waals surface area contributed by atoms with Crippen molar-refractivity contribution < 1.29 is 9.59 Å². The van der Waals surface area contributed by atoms with Crippen LogP contribution in [0.15, 0.2) is 10.9 Å². The molecule has 0 radical (unpaired) electrons. The number of amides is 2. The molecule has 0 bridgehead atoms. The van der Waals surface area contributed by atoms with Crippen LogP contribution in [-0.2, 0) is 16.1 Å². The second-order valence-corrected chi connectivity index (χ2v) is 6.83. The zero-order valence-corrected chi connectivity index (χ0v) is 13.7. The second-order valence-electron chi connectivity index (χ2n) is 6.11. The molecular formula is C15H22N4O2S. The first-order chi connectivity index (χ1) is 10.6. The molecule has 6 nitrogen and oxygen atoms in total. The van der Waals surface area contributed by atoms with Gasteiger partial charge in [0.25, 0.3) is 0 Å². The Labute approximate surface area is 134 Å². The Bertz CT molecular complexity index is 534. The minimum Gasteiger partial charge on any atom is -0.345 e. The first-order valence-electron chi connectivity index (χ1n) is 7.75. The van der Waals surface area contributed by atoms with Gasteiger partial charge in [-0.05, 0) is 6.42 Å². The van der Waals surface area contributed by atoms with Crippen molar-refractivity contribution in [2.24, 2.45) is 5.92 Å². The predicted molar refractivity (Wildman–Crippen MR) is 84.3 cm³/mol. The van der Waals surface area contributed by atoms with Crippen molar-refractivity contribution in [2.75, 3.05) is 39.8 Å². The number of rotatable bonds is 3. The summed E-state index contributed by atoms with van der Waals surface area (Å²) in [5, 5.41) is 2.08. The lowest BCUT2D eigenvalue weighted by Gasteiger charge is -2.24. The molecule has 2 aliphatic heterocycles. The number of carbonyl (C=O) groups excluding carboxylic acids is 2. The lowest BCUT2D eigenvalue weighted by atomic mass is 10.1. The number of hydrogen-bond acceptors (Lipinski definition) is 5. The van der Waals surface area contributed by atoms with Crippen LogP contribution in [-0.4, -0.2) is 71.3 Å². The van der Waals surface area contributed by atoms with Crippen LogP contribution in [0.2, 0.25) is 0 Å².